The Morgan fingerprint density at radius 1 is 1.00 bits per heavy atom. The Hall–Kier alpha value is -2.06. The molecule has 2 N–H and O–H groups in total. The standard InChI is InChI=1S/C19H22N2/c1-14(20)12-18-15(2)21(13-16-8-4-3-5-9-16)19-11-7-6-10-17(18)19/h3-11,14H,12-13,20H2,1-2H3. The van der Waals surface area contributed by atoms with E-state index in [-0.39, 0.29) is 6.04 Å². The highest BCUT2D eigenvalue weighted by Gasteiger charge is 2.14. The van der Waals surface area contributed by atoms with Crippen LogP contribution >= 0.6 is 0 Å². The Labute approximate surface area is 126 Å². The van der Waals surface area contributed by atoms with Gasteiger partial charge in [0.05, 0.1) is 0 Å². The Morgan fingerprint density at radius 2 is 1.67 bits per heavy atom. The molecule has 0 aliphatic carbocycles. The number of benzene rings is 2. The van der Waals surface area contributed by atoms with Gasteiger partial charge in [-0.1, -0.05) is 48.5 Å². The molecule has 0 saturated heterocycles. The van der Waals surface area contributed by atoms with E-state index in [9.17, 15) is 0 Å². The van der Waals surface area contributed by atoms with Crippen LogP contribution < -0.4 is 5.73 Å². The van der Waals surface area contributed by atoms with Gasteiger partial charge >= 0.3 is 0 Å². The average Bonchev–Trinajstić information content (AvgIpc) is 2.74. The SMILES string of the molecule is Cc1c(CC(C)N)c2ccccc2n1Cc1ccccc1. The van der Waals surface area contributed by atoms with Crippen LogP contribution in [0, 0.1) is 6.92 Å². The molecule has 0 aliphatic rings. The van der Waals surface area contributed by atoms with Gasteiger partial charge in [0.15, 0.2) is 0 Å². The van der Waals surface area contributed by atoms with Crippen molar-refractivity contribution in [1.82, 2.24) is 4.57 Å². The number of hydrogen-bond acceptors (Lipinski definition) is 1. The van der Waals surface area contributed by atoms with Gasteiger partial charge < -0.3 is 10.3 Å². The van der Waals surface area contributed by atoms with Gasteiger partial charge in [0.2, 0.25) is 0 Å². The van der Waals surface area contributed by atoms with E-state index in [1.54, 1.807) is 0 Å². The van der Waals surface area contributed by atoms with E-state index in [2.05, 4.69) is 73.0 Å². The van der Waals surface area contributed by atoms with Crippen LogP contribution in [0.15, 0.2) is 54.6 Å². The Balaban J connectivity index is 2.11. The molecule has 0 radical (unpaired) electrons. The lowest BCUT2D eigenvalue weighted by atomic mass is 10.0. The Bertz CT molecular complexity index is 739. The number of hydrogen-bond donors (Lipinski definition) is 1. The predicted molar refractivity (Wildman–Crippen MR) is 89.6 cm³/mol. The highest BCUT2D eigenvalue weighted by Crippen LogP contribution is 2.27. The minimum absolute atomic E-state index is 0.180. The highest BCUT2D eigenvalue weighted by molar-refractivity contribution is 5.85. The minimum atomic E-state index is 0.180. The van der Waals surface area contributed by atoms with E-state index in [1.807, 2.05) is 0 Å². The molecule has 3 rings (SSSR count). The summed E-state index contributed by atoms with van der Waals surface area (Å²) in [6.45, 7) is 5.19. The Morgan fingerprint density at radius 3 is 2.38 bits per heavy atom. The molecular formula is C19H22N2. The number of aromatic nitrogens is 1. The number of fused-ring (bicyclic) bond motifs is 1. The molecule has 21 heavy (non-hydrogen) atoms. The van der Waals surface area contributed by atoms with Crippen LogP contribution in [0.1, 0.15) is 23.7 Å². The molecule has 0 aliphatic heterocycles. The molecule has 0 bridgehead atoms. The van der Waals surface area contributed by atoms with Crippen molar-refractivity contribution in [3.63, 3.8) is 0 Å². The van der Waals surface area contributed by atoms with Crippen molar-refractivity contribution < 1.29 is 0 Å². The molecule has 108 valence electrons. The van der Waals surface area contributed by atoms with E-state index >= 15 is 0 Å². The van der Waals surface area contributed by atoms with Crippen LogP contribution in [-0.4, -0.2) is 10.6 Å². The molecule has 1 heterocycles. The van der Waals surface area contributed by atoms with Gasteiger partial charge in [-0.3, -0.25) is 0 Å². The lowest BCUT2D eigenvalue weighted by Gasteiger charge is -2.10. The molecule has 0 spiro atoms. The molecule has 1 aromatic heterocycles. The first kappa shape index (κ1) is 13.9. The molecule has 1 atom stereocenters. The fourth-order valence-electron chi connectivity index (χ4n) is 3.05. The van der Waals surface area contributed by atoms with Crippen LogP contribution in [0.25, 0.3) is 10.9 Å². The molecule has 1 unspecified atom stereocenters. The van der Waals surface area contributed by atoms with Crippen LogP contribution in [0.2, 0.25) is 0 Å². The average molecular weight is 278 g/mol. The van der Waals surface area contributed by atoms with Crippen molar-refractivity contribution in [2.45, 2.75) is 32.9 Å². The molecular weight excluding hydrogens is 256 g/mol. The summed E-state index contributed by atoms with van der Waals surface area (Å²) in [4.78, 5) is 0. The molecule has 2 nitrogen and oxygen atoms in total. The second-order valence-electron chi connectivity index (χ2n) is 5.83. The second-order valence-corrected chi connectivity index (χ2v) is 5.83. The van der Waals surface area contributed by atoms with Gasteiger partial charge in [-0.15, -0.1) is 0 Å². The van der Waals surface area contributed by atoms with Gasteiger partial charge in [-0.25, -0.2) is 0 Å². The summed E-state index contributed by atoms with van der Waals surface area (Å²) in [7, 11) is 0. The van der Waals surface area contributed by atoms with E-state index in [0.717, 1.165) is 13.0 Å². The lowest BCUT2D eigenvalue weighted by molar-refractivity contribution is 0.724. The first-order chi connectivity index (χ1) is 10.2. The summed E-state index contributed by atoms with van der Waals surface area (Å²) < 4.78 is 2.41. The van der Waals surface area contributed by atoms with Crippen LogP contribution in [-0.2, 0) is 13.0 Å². The van der Waals surface area contributed by atoms with Crippen molar-refractivity contribution in [3.05, 3.63) is 71.4 Å². The molecule has 0 saturated carbocycles. The number of para-hydroxylation sites is 1. The maximum absolute atomic E-state index is 6.04. The second kappa shape index (κ2) is 5.74. The van der Waals surface area contributed by atoms with E-state index in [1.165, 1.54) is 27.7 Å². The van der Waals surface area contributed by atoms with Crippen LogP contribution in [0.5, 0.6) is 0 Å². The summed E-state index contributed by atoms with van der Waals surface area (Å²) in [5.74, 6) is 0. The monoisotopic (exact) mass is 278 g/mol. The molecule has 0 amide bonds. The van der Waals surface area contributed by atoms with Gasteiger partial charge in [-0.2, -0.15) is 0 Å². The summed E-state index contributed by atoms with van der Waals surface area (Å²) in [5, 5.41) is 1.34. The first-order valence-corrected chi connectivity index (χ1v) is 7.53. The van der Waals surface area contributed by atoms with Crippen molar-refractivity contribution >= 4 is 10.9 Å². The number of nitrogens with zero attached hydrogens (tertiary/aromatic N) is 1. The molecule has 2 heteroatoms. The molecule has 0 fully saturated rings. The fraction of sp³-hybridized carbons (Fsp3) is 0.263. The number of rotatable bonds is 4. The molecule has 3 aromatic rings. The maximum Gasteiger partial charge on any atom is 0.0488 e. The van der Waals surface area contributed by atoms with Gasteiger partial charge in [0.1, 0.15) is 0 Å². The van der Waals surface area contributed by atoms with Gasteiger partial charge in [0, 0.05) is 29.2 Å². The number of nitrogens with two attached hydrogens (primary N) is 1. The van der Waals surface area contributed by atoms with Gasteiger partial charge in [0.25, 0.3) is 0 Å². The normalized spacial score (nSPS) is 12.7. The largest absolute Gasteiger partial charge is 0.340 e. The van der Waals surface area contributed by atoms with Crippen molar-refractivity contribution in [1.29, 1.82) is 0 Å². The van der Waals surface area contributed by atoms with Crippen molar-refractivity contribution in [2.24, 2.45) is 5.73 Å². The van der Waals surface area contributed by atoms with Crippen LogP contribution in [0.3, 0.4) is 0 Å². The van der Waals surface area contributed by atoms with E-state index in [4.69, 9.17) is 5.73 Å². The maximum atomic E-state index is 6.04. The minimum Gasteiger partial charge on any atom is -0.340 e. The Kier molecular flexibility index (Phi) is 3.80. The zero-order chi connectivity index (χ0) is 14.8. The fourth-order valence-corrected chi connectivity index (χ4v) is 3.05. The lowest BCUT2D eigenvalue weighted by Crippen LogP contribution is -2.18. The summed E-state index contributed by atoms with van der Waals surface area (Å²) in [5.41, 5.74) is 11.4. The molecule has 2 aromatic carbocycles. The van der Waals surface area contributed by atoms with Crippen molar-refractivity contribution in [3.8, 4) is 0 Å². The third-order valence-electron chi connectivity index (χ3n) is 4.07. The zero-order valence-corrected chi connectivity index (χ0v) is 12.7. The first-order valence-electron chi connectivity index (χ1n) is 7.53. The van der Waals surface area contributed by atoms with Crippen molar-refractivity contribution in [2.75, 3.05) is 0 Å². The topological polar surface area (TPSA) is 30.9 Å². The summed E-state index contributed by atoms with van der Waals surface area (Å²) >= 11 is 0. The zero-order valence-electron chi connectivity index (χ0n) is 12.7. The third kappa shape index (κ3) is 2.72. The third-order valence-corrected chi connectivity index (χ3v) is 4.07. The van der Waals surface area contributed by atoms with Gasteiger partial charge in [-0.05, 0) is 37.5 Å². The van der Waals surface area contributed by atoms with E-state index in [0.29, 0.717) is 0 Å². The summed E-state index contributed by atoms with van der Waals surface area (Å²) in [6, 6.07) is 19.4. The summed E-state index contributed by atoms with van der Waals surface area (Å²) in [6.07, 6.45) is 0.925. The van der Waals surface area contributed by atoms with Crippen LogP contribution in [0.4, 0.5) is 0 Å². The quantitative estimate of drug-likeness (QED) is 0.771. The predicted octanol–water partition coefficient (Wildman–Crippen LogP) is 3.89. The highest BCUT2D eigenvalue weighted by atomic mass is 15.0. The smallest absolute Gasteiger partial charge is 0.0488 e. The van der Waals surface area contributed by atoms with E-state index < -0.39 is 0 Å².